The summed E-state index contributed by atoms with van der Waals surface area (Å²) >= 11 is 0. The van der Waals surface area contributed by atoms with Gasteiger partial charge >= 0.3 is 0 Å². The Kier molecular flexibility index (Phi) is 2.92. The van der Waals surface area contributed by atoms with Crippen molar-refractivity contribution in [1.82, 2.24) is 5.32 Å². The molecule has 3 rings (SSSR count). The fourth-order valence-corrected chi connectivity index (χ4v) is 2.18. The second kappa shape index (κ2) is 4.44. The van der Waals surface area contributed by atoms with Gasteiger partial charge in [0.05, 0.1) is 12.1 Å². The molecule has 1 fully saturated rings. The number of hydrogen-bond acceptors (Lipinski definition) is 4. The van der Waals surface area contributed by atoms with Gasteiger partial charge in [-0.05, 0) is 49.9 Å². The molecule has 4 nitrogen and oxygen atoms in total. The van der Waals surface area contributed by atoms with E-state index in [-0.39, 0.29) is 13.4 Å². The molecule has 0 aromatic heterocycles. The average Bonchev–Trinajstić information content (AvgIpc) is 3.11. The third-order valence-electron chi connectivity index (χ3n) is 3.80. The number of aliphatic hydroxyl groups excluding tert-OH is 1. The number of benzene rings is 1. The molecule has 4 heteroatoms. The zero-order chi connectivity index (χ0) is 12.6. The molecule has 0 bridgehead atoms. The summed E-state index contributed by atoms with van der Waals surface area (Å²) in [6.07, 6.45) is 2.60. The van der Waals surface area contributed by atoms with E-state index in [1.165, 1.54) is 12.8 Å². The molecule has 0 saturated heterocycles. The van der Waals surface area contributed by atoms with Crippen molar-refractivity contribution in [2.75, 3.05) is 19.9 Å². The van der Waals surface area contributed by atoms with Crippen molar-refractivity contribution in [3.8, 4) is 11.5 Å². The zero-order valence-electron chi connectivity index (χ0n) is 10.6. The van der Waals surface area contributed by atoms with Gasteiger partial charge in [0.15, 0.2) is 11.5 Å². The number of ether oxygens (including phenoxy) is 2. The van der Waals surface area contributed by atoms with Crippen LogP contribution in [0.1, 0.15) is 25.3 Å². The summed E-state index contributed by atoms with van der Waals surface area (Å²) in [7, 11) is 0. The Hall–Kier alpha value is -1.26. The van der Waals surface area contributed by atoms with Crippen molar-refractivity contribution in [2.24, 2.45) is 5.92 Å². The van der Waals surface area contributed by atoms with Crippen LogP contribution in [0.2, 0.25) is 0 Å². The predicted octanol–water partition coefficient (Wildman–Crippen LogP) is 1.62. The third kappa shape index (κ3) is 2.18. The van der Waals surface area contributed by atoms with Gasteiger partial charge in [-0.15, -0.1) is 0 Å². The van der Waals surface area contributed by atoms with Crippen LogP contribution in [-0.4, -0.2) is 25.1 Å². The van der Waals surface area contributed by atoms with E-state index in [4.69, 9.17) is 9.47 Å². The normalized spacial score (nSPS) is 20.8. The van der Waals surface area contributed by atoms with Crippen molar-refractivity contribution in [3.63, 3.8) is 0 Å². The van der Waals surface area contributed by atoms with E-state index in [9.17, 15) is 5.11 Å². The zero-order valence-corrected chi connectivity index (χ0v) is 10.6. The summed E-state index contributed by atoms with van der Waals surface area (Å²) in [6, 6.07) is 5.85. The number of rotatable bonds is 5. The van der Waals surface area contributed by atoms with E-state index in [0.717, 1.165) is 29.5 Å². The van der Waals surface area contributed by atoms with Gasteiger partial charge in [-0.1, -0.05) is 6.07 Å². The summed E-state index contributed by atoms with van der Waals surface area (Å²) < 4.78 is 10.7. The molecule has 1 aromatic rings. The van der Waals surface area contributed by atoms with Crippen LogP contribution in [0.5, 0.6) is 11.5 Å². The molecule has 0 amide bonds. The second-order valence-corrected chi connectivity index (χ2v) is 5.38. The first-order valence-corrected chi connectivity index (χ1v) is 6.47. The van der Waals surface area contributed by atoms with Gasteiger partial charge in [0, 0.05) is 0 Å². The van der Waals surface area contributed by atoms with Crippen molar-refractivity contribution in [1.29, 1.82) is 0 Å². The van der Waals surface area contributed by atoms with Crippen molar-refractivity contribution in [3.05, 3.63) is 23.8 Å². The number of aliphatic hydroxyl groups is 1. The Morgan fingerprint density at radius 1 is 1.33 bits per heavy atom. The SMILES string of the molecule is CC(CO)(NCC1CC1)c1ccc2c(c1)OCO2. The van der Waals surface area contributed by atoms with E-state index in [1.54, 1.807) is 0 Å². The Labute approximate surface area is 107 Å². The Balaban J connectivity index is 1.80. The van der Waals surface area contributed by atoms with Crippen LogP contribution in [0.15, 0.2) is 18.2 Å². The summed E-state index contributed by atoms with van der Waals surface area (Å²) in [6.45, 7) is 3.34. The molecule has 0 radical (unpaired) electrons. The molecule has 1 aliphatic heterocycles. The predicted molar refractivity (Wildman–Crippen MR) is 67.7 cm³/mol. The lowest BCUT2D eigenvalue weighted by Gasteiger charge is -2.29. The monoisotopic (exact) mass is 249 g/mol. The lowest BCUT2D eigenvalue weighted by atomic mass is 9.92. The highest BCUT2D eigenvalue weighted by molar-refractivity contribution is 5.46. The van der Waals surface area contributed by atoms with Gasteiger partial charge in [0.2, 0.25) is 6.79 Å². The minimum atomic E-state index is -0.413. The lowest BCUT2D eigenvalue weighted by Crippen LogP contribution is -2.43. The highest BCUT2D eigenvalue weighted by atomic mass is 16.7. The van der Waals surface area contributed by atoms with Gasteiger partial charge in [-0.3, -0.25) is 0 Å². The summed E-state index contributed by atoms with van der Waals surface area (Å²) in [5.41, 5.74) is 0.624. The highest BCUT2D eigenvalue weighted by Gasteiger charge is 2.30. The molecule has 1 aliphatic carbocycles. The van der Waals surface area contributed by atoms with Crippen molar-refractivity contribution < 1.29 is 14.6 Å². The standard InChI is InChI=1S/C14H19NO3/c1-14(8-16,15-7-10-2-3-10)11-4-5-12-13(6-11)18-9-17-12/h4-6,10,15-16H,2-3,7-9H2,1H3. The van der Waals surface area contributed by atoms with Crippen LogP contribution in [0.25, 0.3) is 0 Å². The van der Waals surface area contributed by atoms with Crippen LogP contribution in [0, 0.1) is 5.92 Å². The first kappa shape index (κ1) is 11.8. The number of nitrogens with one attached hydrogen (secondary N) is 1. The quantitative estimate of drug-likeness (QED) is 0.832. The molecule has 1 saturated carbocycles. The minimum Gasteiger partial charge on any atom is -0.454 e. The molecule has 2 N–H and O–H groups in total. The second-order valence-electron chi connectivity index (χ2n) is 5.38. The molecule has 1 unspecified atom stereocenters. The third-order valence-corrected chi connectivity index (χ3v) is 3.80. The maximum Gasteiger partial charge on any atom is 0.231 e. The van der Waals surface area contributed by atoms with Crippen LogP contribution >= 0.6 is 0 Å². The van der Waals surface area contributed by atoms with E-state index < -0.39 is 5.54 Å². The summed E-state index contributed by atoms with van der Waals surface area (Å²) in [4.78, 5) is 0. The van der Waals surface area contributed by atoms with Crippen LogP contribution in [0.4, 0.5) is 0 Å². The maximum absolute atomic E-state index is 9.69. The smallest absolute Gasteiger partial charge is 0.231 e. The Morgan fingerprint density at radius 3 is 2.83 bits per heavy atom. The fourth-order valence-electron chi connectivity index (χ4n) is 2.18. The molecule has 2 aliphatic rings. The van der Waals surface area contributed by atoms with Crippen molar-refractivity contribution in [2.45, 2.75) is 25.3 Å². The van der Waals surface area contributed by atoms with E-state index in [0.29, 0.717) is 0 Å². The molecule has 1 heterocycles. The van der Waals surface area contributed by atoms with Crippen molar-refractivity contribution >= 4 is 0 Å². The summed E-state index contributed by atoms with van der Waals surface area (Å²) in [5, 5.41) is 13.2. The van der Waals surface area contributed by atoms with Gasteiger partial charge in [0.25, 0.3) is 0 Å². The average molecular weight is 249 g/mol. The van der Waals surface area contributed by atoms with Gasteiger partial charge in [-0.2, -0.15) is 0 Å². The maximum atomic E-state index is 9.69. The molecule has 1 aromatic carbocycles. The Morgan fingerprint density at radius 2 is 2.11 bits per heavy atom. The molecule has 1 atom stereocenters. The van der Waals surface area contributed by atoms with Gasteiger partial charge in [0.1, 0.15) is 0 Å². The molecule has 18 heavy (non-hydrogen) atoms. The van der Waals surface area contributed by atoms with E-state index >= 15 is 0 Å². The first-order valence-electron chi connectivity index (χ1n) is 6.47. The van der Waals surface area contributed by atoms with Gasteiger partial charge in [-0.25, -0.2) is 0 Å². The molecular weight excluding hydrogens is 230 g/mol. The largest absolute Gasteiger partial charge is 0.454 e. The first-order chi connectivity index (χ1) is 8.71. The lowest BCUT2D eigenvalue weighted by molar-refractivity contribution is 0.170. The van der Waals surface area contributed by atoms with Crippen LogP contribution < -0.4 is 14.8 Å². The number of fused-ring (bicyclic) bond motifs is 1. The fraction of sp³-hybridized carbons (Fsp3) is 0.571. The topological polar surface area (TPSA) is 50.7 Å². The van der Waals surface area contributed by atoms with Crippen LogP contribution in [-0.2, 0) is 5.54 Å². The summed E-state index contributed by atoms with van der Waals surface area (Å²) in [5.74, 6) is 2.33. The minimum absolute atomic E-state index is 0.0688. The Bertz CT molecular complexity index is 445. The molecular formula is C14H19NO3. The van der Waals surface area contributed by atoms with Gasteiger partial charge < -0.3 is 19.9 Å². The molecule has 98 valence electrons. The highest BCUT2D eigenvalue weighted by Crippen LogP contribution is 2.36. The molecule has 0 spiro atoms. The van der Waals surface area contributed by atoms with Crippen LogP contribution in [0.3, 0.4) is 0 Å². The number of hydrogen-bond donors (Lipinski definition) is 2. The van der Waals surface area contributed by atoms with E-state index in [1.807, 2.05) is 25.1 Å². The van der Waals surface area contributed by atoms with E-state index in [2.05, 4.69) is 5.32 Å².